The van der Waals surface area contributed by atoms with Gasteiger partial charge in [-0.05, 0) is 6.26 Å². The molecule has 4 atom stereocenters. The molecule has 3 N–H and O–H groups in total. The first kappa shape index (κ1) is 28.1. The van der Waals surface area contributed by atoms with E-state index in [1.807, 2.05) is 6.26 Å². The molecule has 18 heteroatoms. The van der Waals surface area contributed by atoms with E-state index in [-0.39, 0.29) is 23.9 Å². The monoisotopic (exact) mass is 583 g/mol. The summed E-state index contributed by atoms with van der Waals surface area (Å²) >= 11 is 2.49. The normalized spacial score (nSPS) is 21.9. The van der Waals surface area contributed by atoms with Crippen LogP contribution in [0.25, 0.3) is 11.2 Å². The zero-order chi connectivity index (χ0) is 26.6. The van der Waals surface area contributed by atoms with Crippen molar-refractivity contribution in [2.75, 3.05) is 36.2 Å². The van der Waals surface area contributed by atoms with Gasteiger partial charge in [-0.3, -0.25) is 9.09 Å². The predicted octanol–water partition coefficient (Wildman–Crippen LogP) is 3.16. The second-order valence-corrected chi connectivity index (χ2v) is 11.7. The van der Waals surface area contributed by atoms with Gasteiger partial charge in [0.1, 0.15) is 18.7 Å². The van der Waals surface area contributed by atoms with Crippen LogP contribution in [0.15, 0.2) is 30.2 Å². The number of halogens is 3. The maximum atomic E-state index is 12.6. The Labute approximate surface area is 218 Å². The second kappa shape index (κ2) is 11.9. The lowest BCUT2D eigenvalue weighted by Gasteiger charge is -2.18. The van der Waals surface area contributed by atoms with Crippen LogP contribution in [0.5, 0.6) is 0 Å². The van der Waals surface area contributed by atoms with Gasteiger partial charge < -0.3 is 20.1 Å². The minimum atomic E-state index is -4.29. The molecule has 0 radical (unpaired) electrons. The van der Waals surface area contributed by atoms with Gasteiger partial charge >= 0.3 is 13.9 Å². The van der Waals surface area contributed by atoms with Crippen LogP contribution in [-0.4, -0.2) is 88.1 Å². The maximum absolute atomic E-state index is 12.6. The molecular weight excluding hydrogens is 558 g/mol. The molecule has 0 saturated carbocycles. The van der Waals surface area contributed by atoms with E-state index in [4.69, 9.17) is 9.26 Å². The van der Waals surface area contributed by atoms with Crippen molar-refractivity contribution < 1.29 is 37.0 Å². The fourth-order valence-electron chi connectivity index (χ4n) is 3.50. The van der Waals surface area contributed by atoms with Crippen LogP contribution in [0, 0.1) is 0 Å². The number of aliphatic hydroxyl groups excluding tert-OH is 1. The van der Waals surface area contributed by atoms with Crippen LogP contribution in [0.4, 0.5) is 19.0 Å². The number of aliphatic hydroxyl groups is 1. The van der Waals surface area contributed by atoms with E-state index in [0.29, 0.717) is 23.5 Å². The molecule has 0 aromatic carbocycles. The van der Waals surface area contributed by atoms with Gasteiger partial charge in [-0.25, -0.2) is 28.8 Å². The molecule has 3 aromatic heterocycles. The van der Waals surface area contributed by atoms with Crippen LogP contribution < -0.4 is 5.32 Å². The Balaban J connectivity index is 1.52. The van der Waals surface area contributed by atoms with Crippen molar-refractivity contribution in [2.24, 2.45) is 0 Å². The molecule has 0 bridgehead atoms. The number of rotatable bonds is 12. The standard InChI is InChI=1S/C19H25F3N7O5PS2/c1-36-7-4-24-16-15-17(27-18(26-16)37-6-2-19(20,21)22)29(11-25-15)14-8-12(30)13(34-14)9-33-35(31,32)28-5-3-23-10-28/h3,5,10-14,30H,2,4,6-9H2,1H3,(H,31,32)(H,24,26,27)/t12-,13+,14+/m0/s1. The van der Waals surface area contributed by atoms with E-state index in [9.17, 15) is 27.7 Å². The molecule has 1 unspecified atom stereocenters. The minimum absolute atomic E-state index is 0.107. The number of nitrogens with zero attached hydrogens (tertiary/aromatic N) is 6. The molecule has 4 rings (SSSR count). The van der Waals surface area contributed by atoms with Crippen LogP contribution >= 0.6 is 31.3 Å². The van der Waals surface area contributed by atoms with Gasteiger partial charge in [-0.1, -0.05) is 11.8 Å². The molecule has 204 valence electrons. The summed E-state index contributed by atoms with van der Waals surface area (Å²) in [6.07, 6.45) is -0.720. The number of aromatic nitrogens is 6. The summed E-state index contributed by atoms with van der Waals surface area (Å²) in [5.74, 6) is 0.909. The third-order valence-electron chi connectivity index (χ3n) is 5.32. The van der Waals surface area contributed by atoms with E-state index in [1.165, 1.54) is 18.7 Å². The lowest BCUT2D eigenvalue weighted by atomic mass is 10.2. The summed E-state index contributed by atoms with van der Waals surface area (Å²) in [5.41, 5.74) is 0.722. The van der Waals surface area contributed by atoms with Gasteiger partial charge in [0.05, 0.1) is 25.5 Å². The summed E-state index contributed by atoms with van der Waals surface area (Å²) < 4.78 is 63.8. The first-order valence-electron chi connectivity index (χ1n) is 11.0. The zero-order valence-electron chi connectivity index (χ0n) is 19.5. The highest BCUT2D eigenvalue weighted by molar-refractivity contribution is 7.99. The summed E-state index contributed by atoms with van der Waals surface area (Å²) in [6, 6.07) is 0. The van der Waals surface area contributed by atoms with Crippen molar-refractivity contribution in [3.63, 3.8) is 0 Å². The van der Waals surface area contributed by atoms with Crippen LogP contribution in [-0.2, 0) is 13.8 Å². The summed E-state index contributed by atoms with van der Waals surface area (Å²) in [7, 11) is -4.21. The molecule has 37 heavy (non-hydrogen) atoms. The third-order valence-corrected chi connectivity index (χ3v) is 8.09. The lowest BCUT2D eigenvalue weighted by Crippen LogP contribution is -2.26. The number of thioether (sulfide) groups is 2. The van der Waals surface area contributed by atoms with Gasteiger partial charge in [-0.2, -0.15) is 24.9 Å². The first-order chi connectivity index (χ1) is 17.6. The average molecular weight is 584 g/mol. The maximum Gasteiger partial charge on any atom is 0.437 e. The molecular formula is C19H25F3N7O5PS2. The average Bonchev–Trinajstić information content (AvgIpc) is 3.57. The van der Waals surface area contributed by atoms with Crippen molar-refractivity contribution in [3.05, 3.63) is 25.0 Å². The second-order valence-electron chi connectivity index (χ2n) is 7.97. The minimum Gasteiger partial charge on any atom is -0.390 e. The van der Waals surface area contributed by atoms with Gasteiger partial charge in [0.2, 0.25) is 0 Å². The van der Waals surface area contributed by atoms with Crippen molar-refractivity contribution in [1.82, 2.24) is 28.8 Å². The third kappa shape index (κ3) is 7.16. The molecule has 1 saturated heterocycles. The Morgan fingerprint density at radius 3 is 2.84 bits per heavy atom. The number of anilines is 1. The molecule has 3 aromatic rings. The summed E-state index contributed by atoms with van der Waals surface area (Å²) in [6.45, 7) is 0.189. The highest BCUT2D eigenvalue weighted by Gasteiger charge is 2.38. The Kier molecular flexibility index (Phi) is 9.04. The van der Waals surface area contributed by atoms with Crippen molar-refractivity contribution in [1.29, 1.82) is 0 Å². The van der Waals surface area contributed by atoms with Crippen LogP contribution in [0.1, 0.15) is 19.1 Å². The predicted molar refractivity (Wildman–Crippen MR) is 132 cm³/mol. The highest BCUT2D eigenvalue weighted by atomic mass is 32.2. The van der Waals surface area contributed by atoms with Gasteiger partial charge in [0, 0.05) is 36.9 Å². The molecule has 4 heterocycles. The smallest absolute Gasteiger partial charge is 0.390 e. The SMILES string of the molecule is CSCCNc1nc(SCCC(F)(F)F)nc2c1ncn2[C@H]1C[C@H](O)[C@@H](COP(=O)(O)n2ccnc2)O1. The Bertz CT molecular complexity index is 1230. The lowest BCUT2D eigenvalue weighted by molar-refractivity contribution is -0.129. The number of fused-ring (bicyclic) bond motifs is 1. The van der Waals surface area contributed by atoms with Crippen molar-refractivity contribution in [3.8, 4) is 0 Å². The molecule has 12 nitrogen and oxygen atoms in total. The number of nitrogens with one attached hydrogen (secondary N) is 1. The molecule has 0 amide bonds. The Hall–Kier alpha value is -1.88. The van der Waals surface area contributed by atoms with Crippen LogP contribution in [0.3, 0.4) is 0 Å². The number of ether oxygens (including phenoxy) is 1. The fourth-order valence-corrected chi connectivity index (χ4v) is 5.52. The Morgan fingerprint density at radius 2 is 2.14 bits per heavy atom. The van der Waals surface area contributed by atoms with E-state index in [0.717, 1.165) is 28.2 Å². The van der Waals surface area contributed by atoms with E-state index >= 15 is 0 Å². The number of hydrogen-bond acceptors (Lipinski definition) is 11. The number of alkyl halides is 3. The summed E-state index contributed by atoms with van der Waals surface area (Å²) in [4.78, 5) is 26.9. The zero-order valence-corrected chi connectivity index (χ0v) is 22.0. The topological polar surface area (TPSA) is 149 Å². The highest BCUT2D eigenvalue weighted by Crippen LogP contribution is 2.44. The van der Waals surface area contributed by atoms with E-state index < -0.39 is 38.8 Å². The molecule has 1 aliphatic heterocycles. The Morgan fingerprint density at radius 1 is 1.32 bits per heavy atom. The molecule has 0 spiro atoms. The van der Waals surface area contributed by atoms with Crippen molar-refractivity contribution in [2.45, 2.75) is 42.6 Å². The number of imidazole rings is 2. The van der Waals surface area contributed by atoms with Gasteiger partial charge in [0.25, 0.3) is 0 Å². The number of hydrogen-bond donors (Lipinski definition) is 3. The van der Waals surface area contributed by atoms with Gasteiger partial charge in [0.15, 0.2) is 22.1 Å². The first-order valence-corrected chi connectivity index (χ1v) is 14.9. The van der Waals surface area contributed by atoms with Crippen molar-refractivity contribution >= 4 is 48.3 Å². The molecule has 0 aliphatic carbocycles. The fraction of sp³-hybridized carbons (Fsp3) is 0.579. The molecule has 1 fully saturated rings. The van der Waals surface area contributed by atoms with Crippen LogP contribution in [0.2, 0.25) is 0 Å². The quantitative estimate of drug-likeness (QED) is 0.124. The van der Waals surface area contributed by atoms with E-state index in [2.05, 4.69) is 25.3 Å². The van der Waals surface area contributed by atoms with E-state index in [1.54, 1.807) is 16.3 Å². The summed E-state index contributed by atoms with van der Waals surface area (Å²) in [5, 5.41) is 13.8. The van der Waals surface area contributed by atoms with Gasteiger partial charge in [-0.15, -0.1) is 0 Å². The molecule has 1 aliphatic rings. The largest absolute Gasteiger partial charge is 0.437 e.